The van der Waals surface area contributed by atoms with E-state index < -0.39 is 0 Å². The van der Waals surface area contributed by atoms with Crippen LogP contribution in [0, 0.1) is 6.92 Å². The summed E-state index contributed by atoms with van der Waals surface area (Å²) in [6, 6.07) is 22.1. The average Bonchev–Trinajstić information content (AvgIpc) is 3.29. The van der Waals surface area contributed by atoms with Gasteiger partial charge in [0, 0.05) is 22.6 Å². The fraction of sp³-hybridized carbons (Fsp3) is 0.0476. The zero-order chi connectivity index (χ0) is 18.9. The first-order valence-corrected chi connectivity index (χ1v) is 9.72. The number of anilines is 2. The highest BCUT2D eigenvalue weighted by Gasteiger charge is 2.12. The van der Waals surface area contributed by atoms with Crippen molar-refractivity contribution in [3.63, 3.8) is 0 Å². The van der Waals surface area contributed by atoms with Gasteiger partial charge in [0.05, 0.1) is 11.4 Å². The highest BCUT2D eigenvalue weighted by atomic mass is 32.1. The summed E-state index contributed by atoms with van der Waals surface area (Å²) in [5, 5.41) is 9.91. The third-order valence-corrected chi connectivity index (χ3v) is 5.11. The lowest BCUT2D eigenvalue weighted by Crippen LogP contribution is -2.00. The predicted octanol–water partition coefficient (Wildman–Crippen LogP) is 4.97. The number of hydrogen-bond donors (Lipinski definition) is 1. The maximum absolute atomic E-state index is 4.62. The van der Waals surface area contributed by atoms with Crippen LogP contribution in [0.1, 0.15) is 5.82 Å². The molecule has 0 aliphatic heterocycles. The zero-order valence-electron chi connectivity index (χ0n) is 15.1. The molecule has 5 aromatic rings. The van der Waals surface area contributed by atoms with Gasteiger partial charge >= 0.3 is 0 Å². The van der Waals surface area contributed by atoms with Crippen molar-refractivity contribution in [3.8, 4) is 22.5 Å². The standard InChI is InChI=1S/C21H16N6S/c1-14-22-17(15-8-4-2-5-9-15)12-19(23-14)24-20-25-21-27(26-20)18(13-28-21)16-10-6-3-7-11-16/h2-13H,1H3,(H,22,23,24,26). The van der Waals surface area contributed by atoms with Crippen molar-refractivity contribution < 1.29 is 0 Å². The highest BCUT2D eigenvalue weighted by molar-refractivity contribution is 7.15. The van der Waals surface area contributed by atoms with Crippen molar-refractivity contribution in [2.24, 2.45) is 0 Å². The zero-order valence-corrected chi connectivity index (χ0v) is 15.9. The second kappa shape index (κ2) is 6.86. The Balaban J connectivity index is 1.49. The number of nitrogens with zero attached hydrogens (tertiary/aromatic N) is 5. The van der Waals surface area contributed by atoms with Crippen molar-refractivity contribution in [1.29, 1.82) is 0 Å². The van der Waals surface area contributed by atoms with Crippen LogP contribution in [-0.4, -0.2) is 24.6 Å². The van der Waals surface area contributed by atoms with Gasteiger partial charge in [0.1, 0.15) is 11.6 Å². The summed E-state index contributed by atoms with van der Waals surface area (Å²) in [7, 11) is 0. The van der Waals surface area contributed by atoms with Crippen LogP contribution in [0.5, 0.6) is 0 Å². The molecule has 3 heterocycles. The molecule has 0 radical (unpaired) electrons. The number of thiazole rings is 1. The van der Waals surface area contributed by atoms with Gasteiger partial charge in [-0.05, 0) is 6.92 Å². The SMILES string of the molecule is Cc1nc(Nc2nc3scc(-c4ccccc4)n3n2)cc(-c2ccccc2)n1. The Morgan fingerprint density at radius 1 is 0.857 bits per heavy atom. The van der Waals surface area contributed by atoms with Gasteiger partial charge in [-0.25, -0.2) is 14.5 Å². The molecule has 5 rings (SSSR count). The van der Waals surface area contributed by atoms with Crippen molar-refractivity contribution in [1.82, 2.24) is 24.6 Å². The van der Waals surface area contributed by atoms with E-state index in [-0.39, 0.29) is 0 Å². The minimum Gasteiger partial charge on any atom is -0.307 e. The minimum absolute atomic E-state index is 0.515. The van der Waals surface area contributed by atoms with Gasteiger partial charge in [0.15, 0.2) is 0 Å². The summed E-state index contributed by atoms with van der Waals surface area (Å²) in [5.74, 6) is 1.88. The molecule has 136 valence electrons. The Bertz CT molecular complexity index is 1240. The van der Waals surface area contributed by atoms with Crippen molar-refractivity contribution in [3.05, 3.63) is 77.9 Å². The molecule has 2 aromatic carbocycles. The van der Waals surface area contributed by atoms with Crippen LogP contribution in [0.3, 0.4) is 0 Å². The van der Waals surface area contributed by atoms with E-state index in [1.807, 2.05) is 66.0 Å². The van der Waals surface area contributed by atoms with E-state index in [9.17, 15) is 0 Å². The van der Waals surface area contributed by atoms with Gasteiger partial charge < -0.3 is 5.32 Å². The first kappa shape index (κ1) is 16.6. The van der Waals surface area contributed by atoms with E-state index in [0.29, 0.717) is 17.6 Å². The molecule has 3 aromatic heterocycles. The molecule has 0 amide bonds. The number of aryl methyl sites for hydroxylation is 1. The Morgan fingerprint density at radius 3 is 2.32 bits per heavy atom. The topological polar surface area (TPSA) is 68.0 Å². The lowest BCUT2D eigenvalue weighted by Gasteiger charge is -2.06. The summed E-state index contributed by atoms with van der Waals surface area (Å²) in [5.41, 5.74) is 4.03. The third-order valence-electron chi connectivity index (χ3n) is 4.30. The second-order valence-electron chi connectivity index (χ2n) is 6.29. The minimum atomic E-state index is 0.515. The molecule has 0 spiro atoms. The molecule has 0 aliphatic rings. The van der Waals surface area contributed by atoms with Gasteiger partial charge in [-0.15, -0.1) is 16.4 Å². The molecule has 0 aliphatic carbocycles. The van der Waals surface area contributed by atoms with Crippen LogP contribution in [0.15, 0.2) is 72.1 Å². The lowest BCUT2D eigenvalue weighted by atomic mass is 10.1. The van der Waals surface area contributed by atoms with Gasteiger partial charge in [0.25, 0.3) is 0 Å². The number of aromatic nitrogens is 5. The van der Waals surface area contributed by atoms with Crippen LogP contribution < -0.4 is 5.32 Å². The monoisotopic (exact) mass is 384 g/mol. The average molecular weight is 384 g/mol. The molecule has 0 bridgehead atoms. The Morgan fingerprint density at radius 2 is 1.57 bits per heavy atom. The van der Waals surface area contributed by atoms with Gasteiger partial charge in [-0.1, -0.05) is 60.7 Å². The predicted molar refractivity (Wildman–Crippen MR) is 112 cm³/mol. The first-order valence-electron chi connectivity index (χ1n) is 8.84. The quantitative estimate of drug-likeness (QED) is 0.474. The summed E-state index contributed by atoms with van der Waals surface area (Å²) in [6.45, 7) is 1.88. The van der Waals surface area contributed by atoms with Crippen molar-refractivity contribution in [2.45, 2.75) is 6.92 Å². The van der Waals surface area contributed by atoms with E-state index in [1.165, 1.54) is 0 Å². The van der Waals surface area contributed by atoms with Crippen molar-refractivity contribution >= 4 is 28.1 Å². The molecule has 28 heavy (non-hydrogen) atoms. The largest absolute Gasteiger partial charge is 0.307 e. The normalized spacial score (nSPS) is 11.0. The summed E-state index contributed by atoms with van der Waals surface area (Å²) < 4.78 is 1.86. The highest BCUT2D eigenvalue weighted by Crippen LogP contribution is 2.27. The lowest BCUT2D eigenvalue weighted by molar-refractivity contribution is 0.983. The maximum atomic E-state index is 4.62. The Kier molecular flexibility index (Phi) is 4.06. The molecule has 0 atom stereocenters. The van der Waals surface area contributed by atoms with Gasteiger partial charge in [0.2, 0.25) is 10.9 Å². The smallest absolute Gasteiger partial charge is 0.249 e. The van der Waals surface area contributed by atoms with Gasteiger partial charge in [-0.2, -0.15) is 4.98 Å². The number of rotatable bonds is 4. The van der Waals surface area contributed by atoms with Crippen molar-refractivity contribution in [2.75, 3.05) is 5.32 Å². The Labute approximate surface area is 165 Å². The fourth-order valence-electron chi connectivity index (χ4n) is 3.04. The van der Waals surface area contributed by atoms with Crippen LogP contribution in [-0.2, 0) is 0 Å². The Hall–Kier alpha value is -3.58. The van der Waals surface area contributed by atoms with Gasteiger partial charge in [-0.3, -0.25) is 0 Å². The summed E-state index contributed by atoms with van der Waals surface area (Å²) >= 11 is 1.56. The van der Waals surface area contributed by atoms with Crippen LogP contribution in [0.4, 0.5) is 11.8 Å². The van der Waals surface area contributed by atoms with Crippen LogP contribution in [0.25, 0.3) is 27.5 Å². The maximum Gasteiger partial charge on any atom is 0.249 e. The molecule has 6 nitrogen and oxygen atoms in total. The van der Waals surface area contributed by atoms with E-state index >= 15 is 0 Å². The molecule has 0 saturated heterocycles. The second-order valence-corrected chi connectivity index (χ2v) is 7.13. The molecular formula is C21H16N6S. The molecule has 0 fully saturated rings. The molecule has 1 N–H and O–H groups in total. The molecular weight excluding hydrogens is 368 g/mol. The number of nitrogens with one attached hydrogen (secondary N) is 1. The fourth-order valence-corrected chi connectivity index (χ4v) is 3.88. The van der Waals surface area contributed by atoms with E-state index in [4.69, 9.17) is 0 Å². The van der Waals surface area contributed by atoms with E-state index in [0.717, 1.165) is 27.5 Å². The molecule has 0 unspecified atom stereocenters. The number of benzene rings is 2. The molecule has 7 heteroatoms. The van der Waals surface area contributed by atoms with Crippen LogP contribution in [0.2, 0.25) is 0 Å². The number of fused-ring (bicyclic) bond motifs is 1. The first-order chi connectivity index (χ1) is 13.8. The summed E-state index contributed by atoms with van der Waals surface area (Å²) in [4.78, 5) is 14.4. The third kappa shape index (κ3) is 3.12. The van der Waals surface area contributed by atoms with E-state index in [2.05, 4.69) is 42.9 Å². The van der Waals surface area contributed by atoms with Crippen LogP contribution >= 0.6 is 11.3 Å². The number of hydrogen-bond acceptors (Lipinski definition) is 6. The van der Waals surface area contributed by atoms with E-state index in [1.54, 1.807) is 11.3 Å². The summed E-state index contributed by atoms with van der Waals surface area (Å²) in [6.07, 6.45) is 0. The molecule has 0 saturated carbocycles.